The zero-order valence-corrected chi connectivity index (χ0v) is 10.6. The van der Waals surface area contributed by atoms with E-state index in [1.165, 1.54) is 38.5 Å². The Morgan fingerprint density at radius 2 is 1.75 bits per heavy atom. The number of ether oxygens (including phenoxy) is 2. The fourth-order valence-electron chi connectivity index (χ4n) is 2.94. The minimum atomic E-state index is 0.258. The Hall–Kier alpha value is -0.120. The van der Waals surface area contributed by atoms with Crippen molar-refractivity contribution in [2.24, 2.45) is 0 Å². The molecule has 0 aromatic carbocycles. The van der Waals surface area contributed by atoms with Gasteiger partial charge in [-0.2, -0.15) is 0 Å². The highest BCUT2D eigenvalue weighted by Crippen LogP contribution is 2.30. The van der Waals surface area contributed by atoms with Gasteiger partial charge in [0, 0.05) is 13.2 Å². The predicted octanol–water partition coefficient (Wildman–Crippen LogP) is 2.10. The average Bonchev–Trinajstić information content (AvgIpc) is 2.52. The van der Waals surface area contributed by atoms with E-state index in [0.717, 1.165) is 6.42 Å². The van der Waals surface area contributed by atoms with E-state index in [0.29, 0.717) is 18.2 Å². The summed E-state index contributed by atoms with van der Waals surface area (Å²) in [5.74, 6) is 0. The van der Waals surface area contributed by atoms with Crippen molar-refractivity contribution >= 4 is 0 Å². The molecule has 0 bridgehead atoms. The number of rotatable bonds is 4. The summed E-state index contributed by atoms with van der Waals surface area (Å²) >= 11 is 0. The molecule has 0 heterocycles. The molecule has 2 aliphatic carbocycles. The fraction of sp³-hybridized carbons (Fsp3) is 1.00. The third-order valence-corrected chi connectivity index (χ3v) is 4.06. The van der Waals surface area contributed by atoms with Gasteiger partial charge >= 0.3 is 0 Å². The van der Waals surface area contributed by atoms with Crippen molar-refractivity contribution in [1.29, 1.82) is 0 Å². The third kappa shape index (κ3) is 2.76. The molecule has 3 atom stereocenters. The van der Waals surface area contributed by atoms with Crippen molar-refractivity contribution in [3.05, 3.63) is 0 Å². The maximum absolute atomic E-state index is 6.18. The van der Waals surface area contributed by atoms with E-state index in [9.17, 15) is 0 Å². The summed E-state index contributed by atoms with van der Waals surface area (Å²) in [6, 6.07) is 0.487. The molecule has 3 unspecified atom stereocenters. The van der Waals surface area contributed by atoms with Crippen molar-refractivity contribution in [3.63, 3.8) is 0 Å². The first kappa shape index (κ1) is 12.3. The fourth-order valence-corrected chi connectivity index (χ4v) is 2.94. The lowest BCUT2D eigenvalue weighted by Crippen LogP contribution is -2.59. The summed E-state index contributed by atoms with van der Waals surface area (Å²) in [7, 11) is 3.79. The molecule has 0 amide bonds. The van der Waals surface area contributed by atoms with Gasteiger partial charge in [0.25, 0.3) is 0 Å². The maximum Gasteiger partial charge on any atom is 0.0986 e. The van der Waals surface area contributed by atoms with Crippen molar-refractivity contribution in [3.8, 4) is 0 Å². The van der Waals surface area contributed by atoms with E-state index in [1.807, 2.05) is 7.05 Å². The molecular formula is C13H25NO2. The standard InChI is InChI=1S/C13H25NO2/c1-14-11-9-12(13(11)15-2)16-10-7-5-3-4-6-8-10/h10-14H,3-9H2,1-2H3. The lowest BCUT2D eigenvalue weighted by molar-refractivity contribution is -0.158. The zero-order valence-electron chi connectivity index (χ0n) is 10.6. The smallest absolute Gasteiger partial charge is 0.0986 e. The highest BCUT2D eigenvalue weighted by atomic mass is 16.5. The second-order valence-corrected chi connectivity index (χ2v) is 5.12. The van der Waals surface area contributed by atoms with Crippen LogP contribution in [0.15, 0.2) is 0 Å². The lowest BCUT2D eigenvalue weighted by Gasteiger charge is -2.44. The molecule has 2 fully saturated rings. The predicted molar refractivity (Wildman–Crippen MR) is 64.6 cm³/mol. The van der Waals surface area contributed by atoms with Crippen LogP contribution in [0.3, 0.4) is 0 Å². The van der Waals surface area contributed by atoms with Crippen LogP contribution in [0.2, 0.25) is 0 Å². The van der Waals surface area contributed by atoms with Crippen molar-refractivity contribution < 1.29 is 9.47 Å². The van der Waals surface area contributed by atoms with Crippen LogP contribution in [0.4, 0.5) is 0 Å². The van der Waals surface area contributed by atoms with E-state index in [2.05, 4.69) is 5.32 Å². The van der Waals surface area contributed by atoms with Gasteiger partial charge in [-0.25, -0.2) is 0 Å². The van der Waals surface area contributed by atoms with E-state index < -0.39 is 0 Å². The Morgan fingerprint density at radius 1 is 1.06 bits per heavy atom. The quantitative estimate of drug-likeness (QED) is 0.746. The summed E-state index contributed by atoms with van der Waals surface area (Å²) in [5, 5.41) is 3.28. The lowest BCUT2D eigenvalue weighted by atomic mass is 9.85. The van der Waals surface area contributed by atoms with Crippen molar-refractivity contribution in [2.45, 2.75) is 69.3 Å². The van der Waals surface area contributed by atoms with Crippen LogP contribution < -0.4 is 5.32 Å². The molecule has 2 saturated carbocycles. The highest BCUT2D eigenvalue weighted by molar-refractivity contribution is 4.96. The average molecular weight is 227 g/mol. The third-order valence-electron chi connectivity index (χ3n) is 4.06. The van der Waals surface area contributed by atoms with Crippen molar-refractivity contribution in [1.82, 2.24) is 5.32 Å². The molecule has 2 aliphatic rings. The Kier molecular flexibility index (Phi) is 4.62. The Labute approximate surface area is 98.9 Å². The van der Waals surface area contributed by atoms with E-state index in [4.69, 9.17) is 9.47 Å². The van der Waals surface area contributed by atoms with Crippen LogP contribution in [0.5, 0.6) is 0 Å². The van der Waals surface area contributed by atoms with E-state index in [-0.39, 0.29) is 6.10 Å². The second kappa shape index (κ2) is 5.99. The zero-order chi connectivity index (χ0) is 11.4. The van der Waals surface area contributed by atoms with Gasteiger partial charge in [0.1, 0.15) is 0 Å². The van der Waals surface area contributed by atoms with Crippen molar-refractivity contribution in [2.75, 3.05) is 14.2 Å². The van der Waals surface area contributed by atoms with E-state index in [1.54, 1.807) is 7.11 Å². The number of hydrogen-bond donors (Lipinski definition) is 1. The second-order valence-electron chi connectivity index (χ2n) is 5.12. The van der Waals surface area contributed by atoms with Gasteiger partial charge in [-0.15, -0.1) is 0 Å². The Balaban J connectivity index is 1.76. The van der Waals surface area contributed by atoms with Gasteiger partial charge < -0.3 is 14.8 Å². The molecular weight excluding hydrogens is 202 g/mol. The topological polar surface area (TPSA) is 30.5 Å². The molecule has 94 valence electrons. The first-order valence-corrected chi connectivity index (χ1v) is 6.70. The van der Waals surface area contributed by atoms with Gasteiger partial charge in [-0.3, -0.25) is 0 Å². The minimum Gasteiger partial charge on any atom is -0.377 e. The largest absolute Gasteiger partial charge is 0.377 e. The maximum atomic E-state index is 6.18. The first-order valence-electron chi connectivity index (χ1n) is 6.70. The van der Waals surface area contributed by atoms with Crippen LogP contribution in [0.25, 0.3) is 0 Å². The Bertz CT molecular complexity index is 202. The summed E-state index contributed by atoms with van der Waals surface area (Å²) in [6.45, 7) is 0. The number of nitrogens with one attached hydrogen (secondary N) is 1. The molecule has 0 aliphatic heterocycles. The molecule has 0 spiro atoms. The van der Waals surface area contributed by atoms with E-state index >= 15 is 0 Å². The molecule has 3 heteroatoms. The van der Waals surface area contributed by atoms with Crippen LogP contribution in [0.1, 0.15) is 44.9 Å². The molecule has 0 radical (unpaired) electrons. The van der Waals surface area contributed by atoms with Crippen LogP contribution in [0, 0.1) is 0 Å². The monoisotopic (exact) mass is 227 g/mol. The van der Waals surface area contributed by atoms with Gasteiger partial charge in [-0.1, -0.05) is 25.7 Å². The molecule has 16 heavy (non-hydrogen) atoms. The van der Waals surface area contributed by atoms with Crippen LogP contribution >= 0.6 is 0 Å². The Morgan fingerprint density at radius 3 is 2.31 bits per heavy atom. The molecule has 2 rings (SSSR count). The highest BCUT2D eigenvalue weighted by Gasteiger charge is 2.42. The molecule has 3 nitrogen and oxygen atoms in total. The van der Waals surface area contributed by atoms with Gasteiger partial charge in [0.15, 0.2) is 0 Å². The SMILES string of the molecule is CNC1CC(OC2CCCCCC2)C1OC. The normalized spacial score (nSPS) is 36.8. The summed E-state index contributed by atoms with van der Waals surface area (Å²) in [5.41, 5.74) is 0. The molecule has 1 N–H and O–H groups in total. The first-order chi connectivity index (χ1) is 7.85. The number of likely N-dealkylation sites (N-methyl/N-ethyl adjacent to an activating group) is 1. The molecule has 0 saturated heterocycles. The number of methoxy groups -OCH3 is 1. The summed E-state index contributed by atoms with van der Waals surface area (Å²) in [4.78, 5) is 0. The number of hydrogen-bond acceptors (Lipinski definition) is 3. The molecule has 0 aromatic rings. The van der Waals surface area contributed by atoms with Gasteiger partial charge in [0.2, 0.25) is 0 Å². The minimum absolute atomic E-state index is 0.258. The van der Waals surface area contributed by atoms with Crippen LogP contribution in [-0.4, -0.2) is 38.5 Å². The van der Waals surface area contributed by atoms with Gasteiger partial charge in [-0.05, 0) is 26.3 Å². The molecule has 0 aromatic heterocycles. The summed E-state index contributed by atoms with van der Waals surface area (Å²) < 4.78 is 11.7. The van der Waals surface area contributed by atoms with Gasteiger partial charge in [0.05, 0.1) is 18.3 Å². The van der Waals surface area contributed by atoms with Crippen LogP contribution in [-0.2, 0) is 9.47 Å². The summed E-state index contributed by atoms with van der Waals surface area (Å²) in [6.07, 6.45) is 10.1.